The van der Waals surface area contributed by atoms with Crippen molar-refractivity contribution < 1.29 is 18.7 Å². The molecule has 0 saturated carbocycles. The van der Waals surface area contributed by atoms with Gasteiger partial charge in [-0.15, -0.1) is 10.2 Å². The van der Waals surface area contributed by atoms with E-state index in [1.807, 2.05) is 16.7 Å². The van der Waals surface area contributed by atoms with Crippen molar-refractivity contribution in [2.45, 2.75) is 18.1 Å². The summed E-state index contributed by atoms with van der Waals surface area (Å²) in [7, 11) is 1.65. The molecular weight excluding hydrogens is 370 g/mol. The van der Waals surface area contributed by atoms with Crippen molar-refractivity contribution in [2.75, 3.05) is 57.2 Å². The first-order chi connectivity index (χ1) is 13.3. The molecule has 0 spiro atoms. The molecule has 0 atom stereocenters. The van der Waals surface area contributed by atoms with E-state index in [0.29, 0.717) is 38.1 Å². The van der Waals surface area contributed by atoms with E-state index in [-0.39, 0.29) is 11.7 Å². The molecule has 1 amide bonds. The normalized spacial score (nSPS) is 14.5. The Balaban J connectivity index is 1.64. The van der Waals surface area contributed by atoms with Gasteiger partial charge >= 0.3 is 0 Å². The van der Waals surface area contributed by atoms with Crippen LogP contribution < -0.4 is 10.2 Å². The Morgan fingerprint density at radius 2 is 2.22 bits per heavy atom. The average molecular weight is 395 g/mol. The zero-order chi connectivity index (χ0) is 18.9. The Kier molecular flexibility index (Phi) is 7.55. The van der Waals surface area contributed by atoms with Crippen molar-refractivity contribution >= 4 is 23.6 Å². The molecule has 1 N–H and O–H groups in total. The van der Waals surface area contributed by atoms with Crippen LogP contribution in [0, 0.1) is 0 Å². The predicted octanol–water partition coefficient (Wildman–Crippen LogP) is 1.00. The maximum atomic E-state index is 12.0. The monoisotopic (exact) mass is 395 g/mol. The van der Waals surface area contributed by atoms with Gasteiger partial charge in [0.2, 0.25) is 11.9 Å². The number of hydrogen-bond acceptors (Lipinski definition) is 8. The van der Waals surface area contributed by atoms with Crippen LogP contribution in [0.1, 0.15) is 12.2 Å². The molecular formula is C17H25N5O4S. The highest BCUT2D eigenvalue weighted by molar-refractivity contribution is 7.99. The van der Waals surface area contributed by atoms with Crippen LogP contribution in [0.2, 0.25) is 0 Å². The number of methoxy groups -OCH3 is 1. The summed E-state index contributed by atoms with van der Waals surface area (Å²) in [4.78, 5) is 14.2. The molecule has 0 radical (unpaired) electrons. The lowest BCUT2D eigenvalue weighted by Gasteiger charge is -2.27. The number of nitrogens with one attached hydrogen (secondary N) is 1. The van der Waals surface area contributed by atoms with Crippen molar-refractivity contribution in [3.05, 3.63) is 24.2 Å². The third-order valence-corrected chi connectivity index (χ3v) is 5.03. The van der Waals surface area contributed by atoms with E-state index in [2.05, 4.69) is 20.4 Å². The molecule has 1 aliphatic rings. The molecule has 1 saturated heterocycles. The molecule has 2 aromatic heterocycles. The lowest BCUT2D eigenvalue weighted by atomic mass is 10.4. The van der Waals surface area contributed by atoms with E-state index in [0.717, 1.165) is 31.2 Å². The number of anilines is 1. The fourth-order valence-corrected chi connectivity index (χ4v) is 3.47. The molecule has 27 heavy (non-hydrogen) atoms. The van der Waals surface area contributed by atoms with Gasteiger partial charge < -0.3 is 24.1 Å². The molecule has 0 bridgehead atoms. The first kappa shape index (κ1) is 19.7. The van der Waals surface area contributed by atoms with E-state index < -0.39 is 0 Å². The van der Waals surface area contributed by atoms with Crippen molar-refractivity contribution in [2.24, 2.45) is 0 Å². The molecule has 9 nitrogen and oxygen atoms in total. The SMILES string of the molecule is COCCCNC(=O)CSc1nnc(N2CCOCC2)n1Cc1ccco1. The van der Waals surface area contributed by atoms with Gasteiger partial charge in [0, 0.05) is 33.4 Å². The van der Waals surface area contributed by atoms with Crippen LogP contribution in [0.4, 0.5) is 5.95 Å². The molecule has 1 fully saturated rings. The predicted molar refractivity (Wildman–Crippen MR) is 101 cm³/mol. The first-order valence-corrected chi connectivity index (χ1v) is 9.93. The Labute approximate surface area is 162 Å². The van der Waals surface area contributed by atoms with Crippen molar-refractivity contribution in [1.82, 2.24) is 20.1 Å². The number of nitrogens with zero attached hydrogens (tertiary/aromatic N) is 4. The largest absolute Gasteiger partial charge is 0.467 e. The Morgan fingerprint density at radius 1 is 1.37 bits per heavy atom. The lowest BCUT2D eigenvalue weighted by molar-refractivity contribution is -0.118. The summed E-state index contributed by atoms with van der Waals surface area (Å²) >= 11 is 1.37. The number of carbonyl (C=O) groups excluding carboxylic acids is 1. The minimum atomic E-state index is -0.0309. The van der Waals surface area contributed by atoms with Gasteiger partial charge in [0.1, 0.15) is 5.76 Å². The number of carbonyl (C=O) groups is 1. The van der Waals surface area contributed by atoms with Crippen LogP contribution in [0.25, 0.3) is 0 Å². The topological polar surface area (TPSA) is 94.6 Å². The number of rotatable bonds is 10. The Morgan fingerprint density at radius 3 is 2.96 bits per heavy atom. The van der Waals surface area contributed by atoms with Gasteiger partial charge in [0.05, 0.1) is 31.8 Å². The quantitative estimate of drug-likeness (QED) is 0.470. The summed E-state index contributed by atoms with van der Waals surface area (Å²) in [6.07, 6.45) is 2.44. The van der Waals surface area contributed by atoms with E-state index in [1.54, 1.807) is 13.4 Å². The van der Waals surface area contributed by atoms with Gasteiger partial charge in [0.25, 0.3) is 0 Å². The highest BCUT2D eigenvalue weighted by Crippen LogP contribution is 2.24. The number of aromatic nitrogens is 3. The minimum Gasteiger partial charge on any atom is -0.467 e. The maximum Gasteiger partial charge on any atom is 0.230 e. The zero-order valence-electron chi connectivity index (χ0n) is 15.4. The van der Waals surface area contributed by atoms with Crippen molar-refractivity contribution in [3.8, 4) is 0 Å². The maximum absolute atomic E-state index is 12.0. The highest BCUT2D eigenvalue weighted by atomic mass is 32.2. The number of furan rings is 1. The minimum absolute atomic E-state index is 0.0309. The number of morpholine rings is 1. The zero-order valence-corrected chi connectivity index (χ0v) is 16.2. The molecule has 0 aliphatic carbocycles. The smallest absolute Gasteiger partial charge is 0.230 e. The number of thioether (sulfide) groups is 1. The molecule has 3 heterocycles. The van der Waals surface area contributed by atoms with Gasteiger partial charge in [-0.25, -0.2) is 0 Å². The molecule has 3 rings (SSSR count). The van der Waals surface area contributed by atoms with Gasteiger partial charge in [-0.2, -0.15) is 0 Å². The van der Waals surface area contributed by atoms with Crippen LogP contribution in [0.15, 0.2) is 28.0 Å². The van der Waals surface area contributed by atoms with E-state index in [4.69, 9.17) is 13.9 Å². The summed E-state index contributed by atoms with van der Waals surface area (Å²) < 4.78 is 17.9. The van der Waals surface area contributed by atoms with Crippen LogP contribution >= 0.6 is 11.8 Å². The number of amides is 1. The van der Waals surface area contributed by atoms with Crippen LogP contribution in [0.3, 0.4) is 0 Å². The average Bonchev–Trinajstić information content (AvgIpc) is 3.35. The van der Waals surface area contributed by atoms with Gasteiger partial charge in [-0.1, -0.05) is 11.8 Å². The molecule has 10 heteroatoms. The number of ether oxygens (including phenoxy) is 2. The number of hydrogen-bond donors (Lipinski definition) is 1. The second-order valence-corrected chi connectivity index (χ2v) is 6.97. The fraction of sp³-hybridized carbons (Fsp3) is 0.588. The third-order valence-electron chi connectivity index (χ3n) is 4.07. The summed E-state index contributed by atoms with van der Waals surface area (Å²) in [5, 5.41) is 12.2. The van der Waals surface area contributed by atoms with E-state index in [1.165, 1.54) is 11.8 Å². The Hall–Kier alpha value is -2.04. The molecule has 2 aromatic rings. The molecule has 0 unspecified atom stereocenters. The summed E-state index contributed by atoms with van der Waals surface area (Å²) in [5.41, 5.74) is 0. The van der Waals surface area contributed by atoms with E-state index >= 15 is 0 Å². The van der Waals surface area contributed by atoms with Gasteiger partial charge in [-0.3, -0.25) is 9.36 Å². The van der Waals surface area contributed by atoms with E-state index in [9.17, 15) is 4.79 Å². The summed E-state index contributed by atoms with van der Waals surface area (Å²) in [6, 6.07) is 3.77. The highest BCUT2D eigenvalue weighted by Gasteiger charge is 2.21. The fourth-order valence-electron chi connectivity index (χ4n) is 2.71. The lowest BCUT2D eigenvalue weighted by Crippen LogP contribution is -2.38. The van der Waals surface area contributed by atoms with Crippen molar-refractivity contribution in [3.63, 3.8) is 0 Å². The molecule has 148 valence electrons. The van der Waals surface area contributed by atoms with Crippen LogP contribution in [-0.4, -0.2) is 73.0 Å². The molecule has 0 aromatic carbocycles. The van der Waals surface area contributed by atoms with Crippen LogP contribution in [0.5, 0.6) is 0 Å². The Bertz CT molecular complexity index is 700. The standard InChI is InChI=1S/C17H25N5O4S/c1-24-8-3-5-18-15(23)13-27-17-20-19-16(21-6-10-25-11-7-21)22(17)12-14-4-2-9-26-14/h2,4,9H,3,5-8,10-13H2,1H3,(H,18,23). The van der Waals surface area contributed by atoms with Crippen LogP contribution in [-0.2, 0) is 20.8 Å². The van der Waals surface area contributed by atoms with Gasteiger partial charge in [-0.05, 0) is 18.6 Å². The first-order valence-electron chi connectivity index (χ1n) is 8.94. The second-order valence-electron chi connectivity index (χ2n) is 6.03. The third kappa shape index (κ3) is 5.72. The van der Waals surface area contributed by atoms with Gasteiger partial charge in [0.15, 0.2) is 5.16 Å². The molecule has 1 aliphatic heterocycles. The second kappa shape index (κ2) is 10.3. The summed E-state index contributed by atoms with van der Waals surface area (Å²) in [6.45, 7) is 4.62. The summed E-state index contributed by atoms with van der Waals surface area (Å²) in [5.74, 6) is 1.84. The van der Waals surface area contributed by atoms with Crippen molar-refractivity contribution in [1.29, 1.82) is 0 Å².